The average molecular weight is 446 g/mol. The Hall–Kier alpha value is -3.10. The molecule has 2 aromatic carbocycles. The molecule has 0 saturated heterocycles. The molecule has 1 amide bonds. The van der Waals surface area contributed by atoms with Crippen LogP contribution in [0.2, 0.25) is 5.02 Å². The van der Waals surface area contributed by atoms with Crippen molar-refractivity contribution in [1.29, 1.82) is 0 Å². The fourth-order valence-electron chi connectivity index (χ4n) is 2.75. The van der Waals surface area contributed by atoms with Gasteiger partial charge in [0.1, 0.15) is 5.75 Å². The Bertz CT molecular complexity index is 1110. The molecule has 0 atom stereocenters. The number of hydrogen-bond acceptors (Lipinski definition) is 5. The van der Waals surface area contributed by atoms with Crippen LogP contribution in [0.1, 0.15) is 6.42 Å². The summed E-state index contributed by atoms with van der Waals surface area (Å²) in [5.74, 6) is 0.260. The highest BCUT2D eigenvalue weighted by molar-refractivity contribution is 7.92. The van der Waals surface area contributed by atoms with Crippen LogP contribution >= 0.6 is 11.6 Å². The lowest BCUT2D eigenvalue weighted by Gasteiger charge is -2.24. The van der Waals surface area contributed by atoms with E-state index in [1.165, 1.54) is 29.7 Å². The molecule has 0 saturated carbocycles. The lowest BCUT2D eigenvalue weighted by Crippen LogP contribution is -2.34. The van der Waals surface area contributed by atoms with Crippen LogP contribution in [0.5, 0.6) is 5.75 Å². The highest BCUT2D eigenvalue weighted by Gasteiger charge is 2.26. The molecule has 1 heterocycles. The summed E-state index contributed by atoms with van der Waals surface area (Å²) in [4.78, 5) is 16.3. The monoisotopic (exact) mass is 445 g/mol. The SMILES string of the molecule is COc1ccc(N(CCC(=O)Nc2cccnc2)S(=O)(=O)c2cccc(Cl)c2)cc1. The largest absolute Gasteiger partial charge is 0.497 e. The van der Waals surface area contributed by atoms with Gasteiger partial charge < -0.3 is 10.1 Å². The number of hydrogen-bond donors (Lipinski definition) is 1. The van der Waals surface area contributed by atoms with Gasteiger partial charge in [0.05, 0.1) is 29.6 Å². The smallest absolute Gasteiger partial charge is 0.264 e. The van der Waals surface area contributed by atoms with Crippen LogP contribution in [-0.2, 0) is 14.8 Å². The number of nitrogens with zero attached hydrogens (tertiary/aromatic N) is 2. The van der Waals surface area contributed by atoms with Crippen LogP contribution in [0.3, 0.4) is 0 Å². The van der Waals surface area contributed by atoms with E-state index in [9.17, 15) is 13.2 Å². The number of amides is 1. The van der Waals surface area contributed by atoms with Gasteiger partial charge in [-0.2, -0.15) is 0 Å². The molecule has 0 radical (unpaired) electrons. The first-order valence-electron chi connectivity index (χ1n) is 9.02. The number of carbonyl (C=O) groups excluding carboxylic acids is 1. The number of sulfonamides is 1. The van der Waals surface area contributed by atoms with Gasteiger partial charge in [-0.25, -0.2) is 8.42 Å². The molecule has 9 heteroatoms. The van der Waals surface area contributed by atoms with E-state index < -0.39 is 10.0 Å². The van der Waals surface area contributed by atoms with Crippen molar-refractivity contribution in [3.8, 4) is 5.75 Å². The number of rotatable bonds is 8. The minimum Gasteiger partial charge on any atom is -0.497 e. The number of carbonyl (C=O) groups is 1. The number of halogens is 1. The molecule has 1 aromatic heterocycles. The second-order valence-corrected chi connectivity index (χ2v) is 8.57. The molecule has 3 rings (SSSR count). The van der Waals surface area contributed by atoms with Crippen molar-refractivity contribution >= 4 is 38.9 Å². The number of pyridine rings is 1. The van der Waals surface area contributed by atoms with Crippen molar-refractivity contribution in [2.24, 2.45) is 0 Å². The van der Waals surface area contributed by atoms with Crippen molar-refractivity contribution in [2.75, 3.05) is 23.3 Å². The van der Waals surface area contributed by atoms with Crippen LogP contribution in [-0.4, -0.2) is 33.0 Å². The molecule has 0 aliphatic carbocycles. The fraction of sp³-hybridized carbons (Fsp3) is 0.143. The minimum atomic E-state index is -3.95. The number of benzene rings is 2. The lowest BCUT2D eigenvalue weighted by atomic mass is 10.3. The van der Waals surface area contributed by atoms with Gasteiger partial charge in [0.15, 0.2) is 0 Å². The quantitative estimate of drug-likeness (QED) is 0.566. The van der Waals surface area contributed by atoms with Gasteiger partial charge in [0.2, 0.25) is 5.91 Å². The molecular formula is C21H20ClN3O4S. The summed E-state index contributed by atoms with van der Waals surface area (Å²) in [6.45, 7) is -0.0622. The normalized spacial score (nSPS) is 11.0. The number of methoxy groups -OCH3 is 1. The number of aromatic nitrogens is 1. The Labute approximate surface area is 180 Å². The number of nitrogens with one attached hydrogen (secondary N) is 1. The standard InChI is InChI=1S/C21H20ClN3O4S/c1-29-19-9-7-18(8-10-19)25(30(27,28)20-6-2-4-16(22)14-20)13-11-21(26)24-17-5-3-12-23-15-17/h2-10,12,14-15H,11,13H2,1H3,(H,24,26). The number of ether oxygens (including phenoxy) is 1. The topological polar surface area (TPSA) is 88.6 Å². The second kappa shape index (κ2) is 9.60. The predicted molar refractivity (Wildman–Crippen MR) is 116 cm³/mol. The molecule has 7 nitrogen and oxygen atoms in total. The zero-order chi connectivity index (χ0) is 21.6. The summed E-state index contributed by atoms with van der Waals surface area (Å²) in [5, 5.41) is 3.01. The maximum atomic E-state index is 13.3. The lowest BCUT2D eigenvalue weighted by molar-refractivity contribution is -0.116. The Morgan fingerprint density at radius 2 is 1.90 bits per heavy atom. The third kappa shape index (κ3) is 5.28. The molecule has 1 N–H and O–H groups in total. The molecule has 156 valence electrons. The molecule has 3 aromatic rings. The van der Waals surface area contributed by atoms with E-state index in [1.54, 1.807) is 54.7 Å². The van der Waals surface area contributed by atoms with E-state index in [4.69, 9.17) is 16.3 Å². The van der Waals surface area contributed by atoms with Gasteiger partial charge >= 0.3 is 0 Å². The van der Waals surface area contributed by atoms with Gasteiger partial charge in [0.25, 0.3) is 10.0 Å². The summed E-state index contributed by atoms with van der Waals surface area (Å²) in [7, 11) is -2.42. The van der Waals surface area contributed by atoms with Gasteiger partial charge in [-0.1, -0.05) is 17.7 Å². The Kier molecular flexibility index (Phi) is 6.91. The Morgan fingerprint density at radius 1 is 1.13 bits per heavy atom. The summed E-state index contributed by atoms with van der Waals surface area (Å²) in [6.07, 6.45) is 3.06. The van der Waals surface area contributed by atoms with Crippen LogP contribution in [0.25, 0.3) is 0 Å². The molecule has 0 spiro atoms. The molecule has 0 unspecified atom stereocenters. The van der Waals surface area contributed by atoms with Crippen LogP contribution in [0, 0.1) is 0 Å². The van der Waals surface area contributed by atoms with Crippen molar-refractivity contribution in [1.82, 2.24) is 4.98 Å². The van der Waals surface area contributed by atoms with Crippen LogP contribution in [0.4, 0.5) is 11.4 Å². The van der Waals surface area contributed by atoms with E-state index in [1.807, 2.05) is 0 Å². The summed E-state index contributed by atoms with van der Waals surface area (Å²) in [5.41, 5.74) is 0.946. The summed E-state index contributed by atoms with van der Waals surface area (Å²) < 4.78 is 32.9. The van der Waals surface area contributed by atoms with Crippen molar-refractivity contribution in [2.45, 2.75) is 11.3 Å². The first-order chi connectivity index (χ1) is 14.4. The Balaban J connectivity index is 1.86. The minimum absolute atomic E-state index is 0.0403. The molecular weight excluding hydrogens is 426 g/mol. The van der Waals surface area contributed by atoms with Crippen molar-refractivity contribution in [3.63, 3.8) is 0 Å². The maximum Gasteiger partial charge on any atom is 0.264 e. The third-order valence-corrected chi connectivity index (χ3v) is 6.29. The molecule has 30 heavy (non-hydrogen) atoms. The van der Waals surface area contributed by atoms with Gasteiger partial charge in [-0.05, 0) is 54.6 Å². The highest BCUT2D eigenvalue weighted by Crippen LogP contribution is 2.27. The van der Waals surface area contributed by atoms with E-state index >= 15 is 0 Å². The van der Waals surface area contributed by atoms with Crippen molar-refractivity contribution in [3.05, 3.63) is 78.1 Å². The van der Waals surface area contributed by atoms with E-state index in [-0.39, 0.29) is 23.8 Å². The first kappa shape index (κ1) is 21.6. The fourth-order valence-corrected chi connectivity index (χ4v) is 4.52. The molecule has 0 aliphatic rings. The van der Waals surface area contributed by atoms with E-state index in [2.05, 4.69) is 10.3 Å². The Morgan fingerprint density at radius 3 is 2.53 bits per heavy atom. The average Bonchev–Trinajstić information content (AvgIpc) is 2.75. The number of anilines is 2. The van der Waals surface area contributed by atoms with E-state index in [0.717, 1.165) is 0 Å². The zero-order valence-electron chi connectivity index (χ0n) is 16.2. The second-order valence-electron chi connectivity index (χ2n) is 6.27. The summed E-state index contributed by atoms with van der Waals surface area (Å²) in [6, 6.07) is 16.0. The first-order valence-corrected chi connectivity index (χ1v) is 10.8. The van der Waals surface area contributed by atoms with Gasteiger partial charge in [-0.3, -0.25) is 14.1 Å². The van der Waals surface area contributed by atoms with Crippen molar-refractivity contribution < 1.29 is 17.9 Å². The highest BCUT2D eigenvalue weighted by atomic mass is 35.5. The molecule has 0 fully saturated rings. The maximum absolute atomic E-state index is 13.3. The molecule has 0 aliphatic heterocycles. The zero-order valence-corrected chi connectivity index (χ0v) is 17.7. The van der Waals surface area contributed by atoms with Gasteiger partial charge in [-0.15, -0.1) is 0 Å². The van der Waals surface area contributed by atoms with E-state index in [0.29, 0.717) is 22.1 Å². The van der Waals surface area contributed by atoms with Crippen LogP contribution < -0.4 is 14.4 Å². The van der Waals surface area contributed by atoms with Gasteiger partial charge in [0, 0.05) is 24.2 Å². The third-order valence-electron chi connectivity index (χ3n) is 4.23. The van der Waals surface area contributed by atoms with Crippen LogP contribution in [0.15, 0.2) is 78.0 Å². The molecule has 0 bridgehead atoms. The summed E-state index contributed by atoms with van der Waals surface area (Å²) >= 11 is 5.99. The predicted octanol–water partition coefficient (Wildman–Crippen LogP) is 3.97.